The molecule has 0 saturated carbocycles. The zero-order chi connectivity index (χ0) is 11.7. The molecule has 0 aliphatic heterocycles. The van der Waals surface area contributed by atoms with Crippen LogP contribution in [0.4, 0.5) is 0 Å². The summed E-state index contributed by atoms with van der Waals surface area (Å²) in [5, 5.41) is 12.6. The van der Waals surface area contributed by atoms with Crippen LogP contribution in [0, 0.1) is 0 Å². The van der Waals surface area contributed by atoms with Crippen molar-refractivity contribution < 1.29 is 19.4 Å². The Hall–Kier alpha value is -0.650. The van der Waals surface area contributed by atoms with E-state index in [1.54, 1.807) is 7.11 Å². The van der Waals surface area contributed by atoms with Crippen LogP contribution in [0.2, 0.25) is 0 Å². The fourth-order valence-electron chi connectivity index (χ4n) is 1.12. The molecule has 0 aromatic heterocycles. The van der Waals surface area contributed by atoms with E-state index in [2.05, 4.69) is 10.1 Å². The van der Waals surface area contributed by atoms with Crippen LogP contribution < -0.4 is 5.32 Å². The molecular formula is C10H21NO4. The first-order chi connectivity index (χ1) is 7.04. The van der Waals surface area contributed by atoms with Crippen LogP contribution in [-0.4, -0.2) is 50.6 Å². The normalized spacial score (nSPS) is 14.7. The predicted molar refractivity (Wildman–Crippen MR) is 56.6 cm³/mol. The number of methoxy groups -OCH3 is 2. The minimum absolute atomic E-state index is 0.201. The number of carbonyl (C=O) groups is 1. The molecule has 1 atom stereocenters. The number of nitrogens with one attached hydrogen (secondary N) is 1. The van der Waals surface area contributed by atoms with Crippen molar-refractivity contribution >= 4 is 5.97 Å². The fraction of sp³-hybridized carbons (Fsp3) is 0.900. The van der Waals surface area contributed by atoms with Gasteiger partial charge in [-0.1, -0.05) is 0 Å². The maximum Gasteiger partial charge on any atom is 0.338 e. The minimum Gasteiger partial charge on any atom is -0.467 e. The maximum absolute atomic E-state index is 11.1. The summed E-state index contributed by atoms with van der Waals surface area (Å²) in [7, 11) is 2.92. The highest BCUT2D eigenvalue weighted by atomic mass is 16.5. The van der Waals surface area contributed by atoms with Gasteiger partial charge in [0.15, 0.2) is 5.60 Å². The third-order valence-electron chi connectivity index (χ3n) is 2.05. The molecule has 0 spiro atoms. The van der Waals surface area contributed by atoms with Gasteiger partial charge in [0.2, 0.25) is 0 Å². The van der Waals surface area contributed by atoms with Crippen LogP contribution in [0.25, 0.3) is 0 Å². The molecule has 0 amide bonds. The molecule has 15 heavy (non-hydrogen) atoms. The molecule has 0 saturated heterocycles. The van der Waals surface area contributed by atoms with Crippen molar-refractivity contribution in [2.24, 2.45) is 0 Å². The maximum atomic E-state index is 11.1. The van der Waals surface area contributed by atoms with Crippen molar-refractivity contribution in [2.75, 3.05) is 33.9 Å². The summed E-state index contributed by atoms with van der Waals surface area (Å²) in [5.74, 6) is -0.619. The Balaban J connectivity index is 3.53. The summed E-state index contributed by atoms with van der Waals surface area (Å²) in [5.41, 5.74) is -1.45. The summed E-state index contributed by atoms with van der Waals surface area (Å²) >= 11 is 0. The number of rotatable bonds is 8. The van der Waals surface area contributed by atoms with E-state index in [1.165, 1.54) is 14.0 Å². The van der Waals surface area contributed by atoms with Gasteiger partial charge in [-0.3, -0.25) is 0 Å². The van der Waals surface area contributed by atoms with Crippen molar-refractivity contribution in [1.82, 2.24) is 5.32 Å². The second-order valence-corrected chi connectivity index (χ2v) is 3.64. The number of ether oxygens (including phenoxy) is 2. The van der Waals surface area contributed by atoms with Crippen molar-refractivity contribution in [3.05, 3.63) is 0 Å². The number of carbonyl (C=O) groups excluding carboxylic acids is 1. The van der Waals surface area contributed by atoms with Crippen molar-refractivity contribution in [1.29, 1.82) is 0 Å². The zero-order valence-corrected chi connectivity index (χ0v) is 9.71. The number of unbranched alkanes of at least 4 members (excludes halogenated alkanes) is 1. The summed E-state index contributed by atoms with van der Waals surface area (Å²) < 4.78 is 9.36. The van der Waals surface area contributed by atoms with Crippen LogP contribution in [0.5, 0.6) is 0 Å². The molecule has 0 aromatic rings. The molecule has 0 rings (SSSR count). The fourth-order valence-corrected chi connectivity index (χ4v) is 1.12. The predicted octanol–water partition coefficient (Wildman–Crippen LogP) is -0.0734. The van der Waals surface area contributed by atoms with E-state index in [9.17, 15) is 9.90 Å². The number of hydrogen-bond acceptors (Lipinski definition) is 5. The smallest absolute Gasteiger partial charge is 0.338 e. The first kappa shape index (κ1) is 14.3. The number of hydrogen-bond donors (Lipinski definition) is 2. The Kier molecular flexibility index (Phi) is 7.29. The van der Waals surface area contributed by atoms with Crippen molar-refractivity contribution in [3.8, 4) is 0 Å². The largest absolute Gasteiger partial charge is 0.467 e. The molecule has 0 fully saturated rings. The van der Waals surface area contributed by atoms with Gasteiger partial charge in [0.05, 0.1) is 7.11 Å². The van der Waals surface area contributed by atoms with E-state index in [0.717, 1.165) is 26.0 Å². The Morgan fingerprint density at radius 3 is 2.60 bits per heavy atom. The topological polar surface area (TPSA) is 67.8 Å². The van der Waals surface area contributed by atoms with Gasteiger partial charge in [-0.15, -0.1) is 0 Å². The quantitative estimate of drug-likeness (QED) is 0.442. The van der Waals surface area contributed by atoms with E-state index >= 15 is 0 Å². The van der Waals surface area contributed by atoms with Crippen LogP contribution >= 0.6 is 0 Å². The van der Waals surface area contributed by atoms with Gasteiger partial charge in [0, 0.05) is 20.3 Å². The number of esters is 1. The van der Waals surface area contributed by atoms with Gasteiger partial charge in [-0.05, 0) is 26.3 Å². The zero-order valence-electron chi connectivity index (χ0n) is 9.71. The van der Waals surface area contributed by atoms with Gasteiger partial charge < -0.3 is 19.9 Å². The van der Waals surface area contributed by atoms with Crippen LogP contribution in [0.1, 0.15) is 19.8 Å². The average Bonchev–Trinajstić information content (AvgIpc) is 2.22. The molecule has 5 nitrogen and oxygen atoms in total. The SMILES string of the molecule is COCCCCNCC(C)(O)C(=O)OC. The summed E-state index contributed by atoms with van der Waals surface area (Å²) in [6, 6.07) is 0. The van der Waals surface area contributed by atoms with E-state index < -0.39 is 11.6 Å². The standard InChI is InChI=1S/C10H21NO4/c1-10(13,9(12)15-3)8-11-6-4-5-7-14-2/h11,13H,4-8H2,1-3H3. The van der Waals surface area contributed by atoms with Gasteiger partial charge >= 0.3 is 5.97 Å². The Morgan fingerprint density at radius 2 is 2.07 bits per heavy atom. The Morgan fingerprint density at radius 1 is 1.40 bits per heavy atom. The van der Waals surface area contributed by atoms with E-state index in [0.29, 0.717) is 0 Å². The van der Waals surface area contributed by atoms with Crippen molar-refractivity contribution in [2.45, 2.75) is 25.4 Å². The third-order valence-corrected chi connectivity index (χ3v) is 2.05. The lowest BCUT2D eigenvalue weighted by atomic mass is 10.1. The first-order valence-electron chi connectivity index (χ1n) is 5.05. The monoisotopic (exact) mass is 219 g/mol. The lowest BCUT2D eigenvalue weighted by Gasteiger charge is -2.20. The summed E-state index contributed by atoms with van der Waals surface area (Å²) in [6.45, 7) is 3.11. The molecule has 90 valence electrons. The Bertz CT molecular complexity index is 182. The molecule has 0 aliphatic carbocycles. The van der Waals surface area contributed by atoms with Gasteiger partial charge in [-0.2, -0.15) is 0 Å². The molecule has 5 heteroatoms. The molecule has 0 bridgehead atoms. The van der Waals surface area contributed by atoms with Crippen LogP contribution in [-0.2, 0) is 14.3 Å². The van der Waals surface area contributed by atoms with Gasteiger partial charge in [0.1, 0.15) is 0 Å². The van der Waals surface area contributed by atoms with Crippen LogP contribution in [0.15, 0.2) is 0 Å². The molecule has 0 aliphatic rings. The van der Waals surface area contributed by atoms with Crippen molar-refractivity contribution in [3.63, 3.8) is 0 Å². The third kappa shape index (κ3) is 6.43. The van der Waals surface area contributed by atoms with E-state index in [4.69, 9.17) is 4.74 Å². The highest BCUT2D eigenvalue weighted by Crippen LogP contribution is 2.03. The lowest BCUT2D eigenvalue weighted by Crippen LogP contribution is -2.45. The molecule has 0 radical (unpaired) electrons. The Labute approximate surface area is 90.8 Å². The second-order valence-electron chi connectivity index (χ2n) is 3.64. The number of aliphatic hydroxyl groups is 1. The second kappa shape index (κ2) is 7.62. The van der Waals surface area contributed by atoms with E-state index in [1.807, 2.05) is 0 Å². The molecule has 1 unspecified atom stereocenters. The first-order valence-corrected chi connectivity index (χ1v) is 5.05. The highest BCUT2D eigenvalue weighted by molar-refractivity contribution is 5.78. The minimum atomic E-state index is -1.45. The average molecular weight is 219 g/mol. The highest BCUT2D eigenvalue weighted by Gasteiger charge is 2.30. The molecule has 0 heterocycles. The lowest BCUT2D eigenvalue weighted by molar-refractivity contribution is -0.159. The van der Waals surface area contributed by atoms with E-state index in [-0.39, 0.29) is 6.54 Å². The summed E-state index contributed by atoms with van der Waals surface area (Å²) in [4.78, 5) is 11.1. The molecular weight excluding hydrogens is 198 g/mol. The molecule has 2 N–H and O–H groups in total. The molecule has 0 aromatic carbocycles. The summed E-state index contributed by atoms with van der Waals surface area (Å²) in [6.07, 6.45) is 1.91. The van der Waals surface area contributed by atoms with Gasteiger partial charge in [-0.25, -0.2) is 4.79 Å². The van der Waals surface area contributed by atoms with Crippen LogP contribution in [0.3, 0.4) is 0 Å². The van der Waals surface area contributed by atoms with Gasteiger partial charge in [0.25, 0.3) is 0 Å².